The third-order valence-electron chi connectivity index (χ3n) is 3.84. The van der Waals surface area contributed by atoms with Crippen LogP contribution in [0.5, 0.6) is 0 Å². The van der Waals surface area contributed by atoms with Gasteiger partial charge in [-0.2, -0.15) is 0 Å². The van der Waals surface area contributed by atoms with Crippen molar-refractivity contribution in [1.29, 1.82) is 0 Å². The van der Waals surface area contributed by atoms with Crippen molar-refractivity contribution >= 4 is 24.7 Å². The summed E-state index contributed by atoms with van der Waals surface area (Å²) in [5, 5.41) is 2.90. The number of hydrogen-bond acceptors (Lipinski definition) is 1. The van der Waals surface area contributed by atoms with E-state index in [9.17, 15) is 0 Å². The average molecular weight is 331 g/mol. The second-order valence-electron chi connectivity index (χ2n) is 5.62. The van der Waals surface area contributed by atoms with Gasteiger partial charge in [-0.1, -0.05) is 91.0 Å². The first kappa shape index (κ1) is 16.6. The Labute approximate surface area is 145 Å². The number of aliphatic imine (C=N–C) groups is 1. The molecule has 0 N–H and O–H groups in total. The van der Waals surface area contributed by atoms with Crippen molar-refractivity contribution in [1.82, 2.24) is 0 Å². The number of benzene rings is 3. The van der Waals surface area contributed by atoms with Gasteiger partial charge in [-0.15, -0.1) is 0 Å². The van der Waals surface area contributed by atoms with Crippen molar-refractivity contribution in [3.8, 4) is 0 Å². The fraction of sp³-hybridized carbons (Fsp3) is 0.136. The zero-order valence-electron chi connectivity index (χ0n) is 13.8. The number of hydrogen-bond donors (Lipinski definition) is 0. The maximum Gasteiger partial charge on any atom is 0.0393 e. The van der Waals surface area contributed by atoms with Crippen LogP contribution in [0.15, 0.2) is 96.0 Å². The highest BCUT2D eigenvalue weighted by atomic mass is 31.1. The topological polar surface area (TPSA) is 12.4 Å². The monoisotopic (exact) mass is 331 g/mol. The Hall–Kier alpha value is -2.24. The normalized spacial score (nSPS) is 11.2. The van der Waals surface area contributed by atoms with Crippen LogP contribution in [0.25, 0.3) is 0 Å². The van der Waals surface area contributed by atoms with Crippen molar-refractivity contribution < 1.29 is 0 Å². The highest BCUT2D eigenvalue weighted by Crippen LogP contribution is 2.33. The lowest BCUT2D eigenvalue weighted by Gasteiger charge is -2.18. The molecule has 2 heteroatoms. The molecule has 120 valence electrons. The predicted octanol–water partition coefficient (Wildman–Crippen LogP) is 4.63. The van der Waals surface area contributed by atoms with Crippen molar-refractivity contribution in [2.45, 2.75) is 6.42 Å². The van der Waals surface area contributed by atoms with Crippen molar-refractivity contribution in [2.75, 3.05) is 12.7 Å². The van der Waals surface area contributed by atoms with E-state index in [0.717, 1.165) is 13.0 Å². The van der Waals surface area contributed by atoms with Crippen LogP contribution in [0.4, 0.5) is 0 Å². The van der Waals surface area contributed by atoms with Crippen molar-refractivity contribution in [2.24, 2.45) is 4.99 Å². The molecule has 0 fully saturated rings. The van der Waals surface area contributed by atoms with Crippen LogP contribution >= 0.6 is 7.92 Å². The molecule has 0 saturated carbocycles. The molecule has 0 amide bonds. The van der Waals surface area contributed by atoms with Crippen LogP contribution in [-0.4, -0.2) is 18.9 Å². The molecule has 3 rings (SSSR count). The minimum Gasteiger partial charge on any atom is -0.293 e. The van der Waals surface area contributed by atoms with E-state index in [1.54, 1.807) is 0 Å². The molecule has 0 saturated heterocycles. The first-order valence-corrected chi connectivity index (χ1v) is 9.89. The van der Waals surface area contributed by atoms with Gasteiger partial charge in [-0.3, -0.25) is 4.99 Å². The van der Waals surface area contributed by atoms with Gasteiger partial charge in [0.2, 0.25) is 0 Å². The van der Waals surface area contributed by atoms with Crippen LogP contribution in [0, 0.1) is 0 Å². The van der Waals surface area contributed by atoms with Crippen molar-refractivity contribution in [3.63, 3.8) is 0 Å². The summed E-state index contributed by atoms with van der Waals surface area (Å²) in [5.74, 6) is 0. The van der Waals surface area contributed by atoms with E-state index in [2.05, 4.69) is 77.8 Å². The van der Waals surface area contributed by atoms with Gasteiger partial charge in [-0.05, 0) is 36.7 Å². The molecule has 0 aliphatic rings. The van der Waals surface area contributed by atoms with Gasteiger partial charge in [0.05, 0.1) is 0 Å². The molecular weight excluding hydrogens is 309 g/mol. The zero-order valence-corrected chi connectivity index (χ0v) is 14.6. The fourth-order valence-electron chi connectivity index (χ4n) is 2.65. The molecule has 0 bridgehead atoms. The molecule has 0 radical (unpaired) electrons. The molecule has 0 heterocycles. The molecule has 0 aromatic heterocycles. The molecule has 0 aliphatic carbocycles. The van der Waals surface area contributed by atoms with Crippen LogP contribution in [0.2, 0.25) is 0 Å². The molecule has 3 aromatic carbocycles. The molecule has 0 unspecified atom stereocenters. The van der Waals surface area contributed by atoms with Gasteiger partial charge in [0, 0.05) is 12.8 Å². The van der Waals surface area contributed by atoms with Gasteiger partial charge in [0.1, 0.15) is 0 Å². The highest BCUT2D eigenvalue weighted by molar-refractivity contribution is 7.73. The number of rotatable bonds is 7. The summed E-state index contributed by atoms with van der Waals surface area (Å²) in [4.78, 5) is 4.59. The highest BCUT2D eigenvalue weighted by Gasteiger charge is 2.12. The van der Waals surface area contributed by atoms with Crippen molar-refractivity contribution in [3.05, 3.63) is 96.6 Å². The Morgan fingerprint density at radius 2 is 1.17 bits per heavy atom. The quantitative estimate of drug-likeness (QED) is 0.340. The van der Waals surface area contributed by atoms with E-state index in [1.165, 1.54) is 22.3 Å². The summed E-state index contributed by atoms with van der Waals surface area (Å²) in [5.41, 5.74) is 1.17. The van der Waals surface area contributed by atoms with Crippen LogP contribution < -0.4 is 10.6 Å². The molecule has 0 atom stereocenters. The zero-order chi connectivity index (χ0) is 16.5. The van der Waals surface area contributed by atoms with E-state index >= 15 is 0 Å². The molecule has 3 aromatic rings. The third kappa shape index (κ3) is 4.88. The Balaban J connectivity index is 1.62. The molecule has 24 heavy (non-hydrogen) atoms. The first-order valence-electron chi connectivity index (χ1n) is 8.36. The Morgan fingerprint density at radius 1 is 0.667 bits per heavy atom. The van der Waals surface area contributed by atoms with E-state index in [1.807, 2.05) is 24.4 Å². The minimum atomic E-state index is -0.296. The maximum absolute atomic E-state index is 4.59. The summed E-state index contributed by atoms with van der Waals surface area (Å²) in [6.45, 7) is 0.882. The largest absolute Gasteiger partial charge is 0.293 e. The molecule has 1 nitrogen and oxygen atoms in total. The lowest BCUT2D eigenvalue weighted by Crippen LogP contribution is -2.14. The summed E-state index contributed by atoms with van der Waals surface area (Å²) in [6.07, 6.45) is 4.27. The summed E-state index contributed by atoms with van der Waals surface area (Å²) >= 11 is 0. The molecule has 0 spiro atoms. The minimum absolute atomic E-state index is 0.296. The Morgan fingerprint density at radius 3 is 1.71 bits per heavy atom. The number of nitrogens with zero attached hydrogens (tertiary/aromatic N) is 1. The first-order chi connectivity index (χ1) is 11.9. The van der Waals surface area contributed by atoms with Gasteiger partial charge < -0.3 is 0 Å². The van der Waals surface area contributed by atoms with E-state index in [4.69, 9.17) is 0 Å². The second kappa shape index (κ2) is 9.15. The Bertz CT molecular complexity index is 699. The smallest absolute Gasteiger partial charge is 0.0393 e. The van der Waals surface area contributed by atoms with Crippen LogP contribution in [0.1, 0.15) is 12.0 Å². The second-order valence-corrected chi connectivity index (χ2v) is 7.96. The molecular formula is C22H22NP. The van der Waals surface area contributed by atoms with Gasteiger partial charge in [0.25, 0.3) is 0 Å². The Kier molecular flexibility index (Phi) is 6.33. The predicted molar refractivity (Wildman–Crippen MR) is 107 cm³/mol. The maximum atomic E-state index is 4.59. The summed E-state index contributed by atoms with van der Waals surface area (Å²) in [7, 11) is -0.296. The van der Waals surface area contributed by atoms with E-state index < -0.39 is 0 Å². The summed E-state index contributed by atoms with van der Waals surface area (Å²) in [6, 6.07) is 32.1. The average Bonchev–Trinajstić information content (AvgIpc) is 2.67. The van der Waals surface area contributed by atoms with Gasteiger partial charge in [-0.25, -0.2) is 0 Å². The van der Waals surface area contributed by atoms with Crippen LogP contribution in [0.3, 0.4) is 0 Å². The van der Waals surface area contributed by atoms with E-state index in [-0.39, 0.29) is 7.92 Å². The third-order valence-corrected chi connectivity index (χ3v) is 6.45. The fourth-order valence-corrected chi connectivity index (χ4v) is 4.99. The van der Waals surface area contributed by atoms with Crippen LogP contribution in [-0.2, 0) is 0 Å². The summed E-state index contributed by atoms with van der Waals surface area (Å²) < 4.78 is 0. The molecule has 0 aliphatic heterocycles. The van der Waals surface area contributed by atoms with Gasteiger partial charge >= 0.3 is 0 Å². The van der Waals surface area contributed by atoms with E-state index in [0.29, 0.717) is 0 Å². The SMILES string of the molecule is C(=N\CCCP(c1ccccc1)c1ccccc1)/c1ccccc1. The lowest BCUT2D eigenvalue weighted by molar-refractivity contribution is 0.945. The standard InChI is InChI=1S/C22H22NP/c1-4-11-20(12-5-1)19-23-17-10-18-24(21-13-6-2-7-14-21)22-15-8-3-9-16-22/h1-9,11-16,19H,10,17-18H2/b23-19+. The van der Waals surface area contributed by atoms with Gasteiger partial charge in [0.15, 0.2) is 0 Å². The lowest BCUT2D eigenvalue weighted by atomic mass is 10.2.